The third kappa shape index (κ3) is 5.07. The lowest BCUT2D eigenvalue weighted by Gasteiger charge is -2.29. The number of carbonyl (C=O) groups excluding carboxylic acids is 1. The molecule has 21 heavy (non-hydrogen) atoms. The van der Waals surface area contributed by atoms with Crippen LogP contribution in [0.2, 0.25) is 0 Å². The van der Waals surface area contributed by atoms with E-state index in [0.717, 1.165) is 12.0 Å². The molecule has 1 aromatic rings. The second kappa shape index (κ2) is 8.26. The zero-order chi connectivity index (χ0) is 15.8. The van der Waals surface area contributed by atoms with Gasteiger partial charge in [-0.3, -0.25) is 9.69 Å². The number of anilines is 1. The van der Waals surface area contributed by atoms with E-state index in [1.54, 1.807) is 12.1 Å². The van der Waals surface area contributed by atoms with Crippen LogP contribution in [0.4, 0.5) is 10.5 Å². The number of hydrogen-bond donors (Lipinski definition) is 2. The van der Waals surface area contributed by atoms with Crippen LogP contribution in [-0.4, -0.2) is 53.4 Å². The molecule has 2 amide bonds. The SMILES string of the molecule is CCCN(CCO)C(=O)N(CC(=O)O)c1ccc(C)cc1. The quantitative estimate of drug-likeness (QED) is 0.802. The van der Waals surface area contributed by atoms with Crippen LogP contribution in [0.15, 0.2) is 24.3 Å². The Labute approximate surface area is 124 Å². The molecule has 6 heteroatoms. The zero-order valence-electron chi connectivity index (χ0n) is 12.5. The number of carbonyl (C=O) groups is 2. The molecule has 1 rings (SSSR count). The summed E-state index contributed by atoms with van der Waals surface area (Å²) in [4.78, 5) is 26.2. The van der Waals surface area contributed by atoms with Crippen molar-refractivity contribution in [2.24, 2.45) is 0 Å². The van der Waals surface area contributed by atoms with Crippen LogP contribution in [0, 0.1) is 6.92 Å². The Hall–Kier alpha value is -2.08. The maximum atomic E-state index is 12.5. The Morgan fingerprint density at radius 1 is 1.14 bits per heavy atom. The number of aryl methyl sites for hydroxylation is 1. The molecule has 6 nitrogen and oxygen atoms in total. The first kappa shape index (κ1) is 17.0. The first-order valence-electron chi connectivity index (χ1n) is 6.95. The minimum atomic E-state index is -1.08. The molecule has 0 aromatic heterocycles. The highest BCUT2D eigenvalue weighted by molar-refractivity contribution is 5.96. The summed E-state index contributed by atoms with van der Waals surface area (Å²) in [6.07, 6.45) is 0.737. The number of aliphatic carboxylic acids is 1. The first-order chi connectivity index (χ1) is 9.99. The van der Waals surface area contributed by atoms with Crippen LogP contribution in [0.3, 0.4) is 0 Å². The summed E-state index contributed by atoms with van der Waals surface area (Å²) >= 11 is 0. The van der Waals surface area contributed by atoms with Crippen molar-refractivity contribution in [1.82, 2.24) is 4.90 Å². The molecule has 1 aromatic carbocycles. The first-order valence-corrected chi connectivity index (χ1v) is 6.95. The molecular formula is C15H22N2O4. The molecule has 0 atom stereocenters. The molecule has 0 saturated heterocycles. The average molecular weight is 294 g/mol. The van der Waals surface area contributed by atoms with Crippen molar-refractivity contribution in [2.75, 3.05) is 31.1 Å². The number of amides is 2. The van der Waals surface area contributed by atoms with Gasteiger partial charge in [0, 0.05) is 18.8 Å². The second-order valence-electron chi connectivity index (χ2n) is 4.81. The summed E-state index contributed by atoms with van der Waals surface area (Å²) in [6.45, 7) is 3.94. The fourth-order valence-corrected chi connectivity index (χ4v) is 1.99. The normalized spacial score (nSPS) is 10.2. The van der Waals surface area contributed by atoms with Gasteiger partial charge in [0.05, 0.1) is 6.61 Å². The minimum Gasteiger partial charge on any atom is -0.480 e. The lowest BCUT2D eigenvalue weighted by Crippen LogP contribution is -2.47. The van der Waals surface area contributed by atoms with Crippen LogP contribution in [0.5, 0.6) is 0 Å². The number of hydrogen-bond acceptors (Lipinski definition) is 3. The van der Waals surface area contributed by atoms with Crippen LogP contribution in [0.25, 0.3) is 0 Å². The summed E-state index contributed by atoms with van der Waals surface area (Å²) in [6, 6.07) is 6.69. The van der Waals surface area contributed by atoms with Gasteiger partial charge in [-0.1, -0.05) is 24.6 Å². The van der Waals surface area contributed by atoms with Crippen molar-refractivity contribution >= 4 is 17.7 Å². The Morgan fingerprint density at radius 3 is 2.24 bits per heavy atom. The Balaban J connectivity index is 3.02. The van der Waals surface area contributed by atoms with Crippen LogP contribution in [0.1, 0.15) is 18.9 Å². The molecular weight excluding hydrogens is 272 g/mol. The molecule has 0 heterocycles. The molecule has 0 spiro atoms. The molecule has 0 aliphatic rings. The van der Waals surface area contributed by atoms with E-state index in [9.17, 15) is 9.59 Å². The van der Waals surface area contributed by atoms with E-state index in [4.69, 9.17) is 10.2 Å². The van der Waals surface area contributed by atoms with Crippen LogP contribution in [-0.2, 0) is 4.79 Å². The van der Waals surface area contributed by atoms with Gasteiger partial charge in [0.25, 0.3) is 0 Å². The highest BCUT2D eigenvalue weighted by atomic mass is 16.4. The average Bonchev–Trinajstić information content (AvgIpc) is 2.45. The van der Waals surface area contributed by atoms with Gasteiger partial charge >= 0.3 is 12.0 Å². The van der Waals surface area contributed by atoms with Gasteiger partial charge < -0.3 is 15.1 Å². The summed E-state index contributed by atoms with van der Waals surface area (Å²) in [5.41, 5.74) is 1.56. The maximum Gasteiger partial charge on any atom is 0.325 e. The maximum absolute atomic E-state index is 12.5. The van der Waals surface area contributed by atoms with Gasteiger partial charge in [0.1, 0.15) is 6.54 Å². The fourth-order valence-electron chi connectivity index (χ4n) is 1.99. The zero-order valence-corrected chi connectivity index (χ0v) is 12.5. The van der Waals surface area contributed by atoms with Crippen molar-refractivity contribution in [3.05, 3.63) is 29.8 Å². The van der Waals surface area contributed by atoms with E-state index < -0.39 is 18.5 Å². The third-order valence-electron chi connectivity index (χ3n) is 3.00. The Morgan fingerprint density at radius 2 is 1.76 bits per heavy atom. The number of carboxylic acids is 1. The van der Waals surface area contributed by atoms with E-state index in [1.165, 1.54) is 9.80 Å². The Kier molecular flexibility index (Phi) is 6.68. The van der Waals surface area contributed by atoms with Gasteiger partial charge in [0.15, 0.2) is 0 Å². The predicted molar refractivity (Wildman–Crippen MR) is 80.5 cm³/mol. The topological polar surface area (TPSA) is 81.1 Å². The van der Waals surface area contributed by atoms with Crippen molar-refractivity contribution in [2.45, 2.75) is 20.3 Å². The summed E-state index contributed by atoms with van der Waals surface area (Å²) in [5.74, 6) is -1.08. The van der Waals surface area contributed by atoms with Crippen molar-refractivity contribution in [3.63, 3.8) is 0 Å². The van der Waals surface area contributed by atoms with Gasteiger partial charge in [-0.2, -0.15) is 0 Å². The summed E-state index contributed by atoms with van der Waals surface area (Å²) in [5, 5.41) is 18.1. The monoisotopic (exact) mass is 294 g/mol. The third-order valence-corrected chi connectivity index (χ3v) is 3.00. The van der Waals surface area contributed by atoms with Crippen molar-refractivity contribution in [1.29, 1.82) is 0 Å². The molecule has 0 aliphatic carbocycles. The molecule has 0 aliphatic heterocycles. The number of carboxylic acid groups (broad SMARTS) is 1. The Bertz CT molecular complexity index is 467. The second-order valence-corrected chi connectivity index (χ2v) is 4.81. The van der Waals surface area contributed by atoms with E-state index in [-0.39, 0.29) is 13.2 Å². The molecule has 0 radical (unpaired) electrons. The van der Waals surface area contributed by atoms with Gasteiger partial charge in [0.2, 0.25) is 0 Å². The minimum absolute atomic E-state index is 0.152. The molecule has 0 unspecified atom stereocenters. The van der Waals surface area contributed by atoms with Gasteiger partial charge in [-0.15, -0.1) is 0 Å². The molecule has 116 valence electrons. The molecule has 2 N–H and O–H groups in total. The number of urea groups is 1. The van der Waals surface area contributed by atoms with E-state index in [2.05, 4.69) is 0 Å². The fraction of sp³-hybridized carbons (Fsp3) is 0.467. The number of benzene rings is 1. The summed E-state index contributed by atoms with van der Waals surface area (Å²) < 4.78 is 0. The standard InChI is InChI=1S/C15H22N2O4/c1-3-8-16(9-10-18)15(21)17(11-14(19)20)13-6-4-12(2)5-7-13/h4-7,18H,3,8-11H2,1-2H3,(H,19,20). The highest BCUT2D eigenvalue weighted by Gasteiger charge is 2.23. The molecule has 0 bridgehead atoms. The van der Waals surface area contributed by atoms with Crippen molar-refractivity contribution < 1.29 is 19.8 Å². The van der Waals surface area contributed by atoms with Gasteiger partial charge in [-0.05, 0) is 25.5 Å². The number of rotatable bonds is 7. The van der Waals surface area contributed by atoms with E-state index >= 15 is 0 Å². The number of nitrogens with zero attached hydrogens (tertiary/aromatic N) is 2. The van der Waals surface area contributed by atoms with Crippen molar-refractivity contribution in [3.8, 4) is 0 Å². The summed E-state index contributed by atoms with van der Waals surface area (Å²) in [7, 11) is 0. The smallest absolute Gasteiger partial charge is 0.325 e. The van der Waals surface area contributed by atoms with E-state index in [0.29, 0.717) is 12.2 Å². The molecule has 0 fully saturated rings. The lowest BCUT2D eigenvalue weighted by molar-refractivity contribution is -0.135. The van der Waals surface area contributed by atoms with Gasteiger partial charge in [-0.25, -0.2) is 4.79 Å². The highest BCUT2D eigenvalue weighted by Crippen LogP contribution is 2.17. The lowest BCUT2D eigenvalue weighted by atomic mass is 10.2. The molecule has 0 saturated carbocycles. The predicted octanol–water partition coefficient (Wildman–Crippen LogP) is 1.71. The largest absolute Gasteiger partial charge is 0.480 e. The van der Waals surface area contributed by atoms with Crippen LogP contribution >= 0.6 is 0 Å². The van der Waals surface area contributed by atoms with E-state index in [1.807, 2.05) is 26.0 Å². The van der Waals surface area contributed by atoms with Crippen LogP contribution < -0.4 is 4.90 Å². The number of aliphatic hydroxyl groups is 1. The number of aliphatic hydroxyl groups excluding tert-OH is 1.